The molecule has 0 aromatic heterocycles. The maximum Gasteiger partial charge on any atom is 0.314 e. The number of nitrogens with one attached hydrogen (secondary N) is 2. The van der Waals surface area contributed by atoms with Crippen LogP contribution in [0, 0.1) is 5.92 Å². The van der Waals surface area contributed by atoms with Crippen LogP contribution in [0.5, 0.6) is 11.5 Å². The van der Waals surface area contributed by atoms with Gasteiger partial charge in [-0.05, 0) is 38.0 Å². The Morgan fingerprint density at radius 3 is 2.69 bits per heavy atom. The number of carbonyl (C=O) groups is 3. The van der Waals surface area contributed by atoms with Crippen molar-refractivity contribution in [2.24, 2.45) is 11.7 Å². The molecule has 1 aliphatic rings. The molecule has 1 aromatic rings. The SMILES string of the molecule is CCOc1ccc(C(=O)NNC(=O)[C@H]2CCCN(C(N)=O)C2)cc1OC. The molecule has 1 aromatic carbocycles. The summed E-state index contributed by atoms with van der Waals surface area (Å²) in [5, 5.41) is 0. The van der Waals surface area contributed by atoms with E-state index in [-0.39, 0.29) is 12.5 Å². The molecule has 9 heteroatoms. The second-order valence-corrected chi connectivity index (χ2v) is 5.87. The number of amides is 4. The van der Waals surface area contributed by atoms with Crippen LogP contribution in [0.2, 0.25) is 0 Å². The molecule has 0 spiro atoms. The van der Waals surface area contributed by atoms with Crippen molar-refractivity contribution in [2.75, 3.05) is 26.8 Å². The first kappa shape index (κ1) is 19.4. The predicted octanol–water partition coefficient (Wildman–Crippen LogP) is 0.646. The van der Waals surface area contributed by atoms with Crippen molar-refractivity contribution in [3.63, 3.8) is 0 Å². The first-order valence-corrected chi connectivity index (χ1v) is 8.41. The first-order chi connectivity index (χ1) is 12.5. The number of piperidine rings is 1. The molecule has 1 aliphatic heterocycles. The van der Waals surface area contributed by atoms with Gasteiger partial charge < -0.3 is 20.1 Å². The molecule has 1 fully saturated rings. The summed E-state index contributed by atoms with van der Waals surface area (Å²) in [5.74, 6) is -0.296. The van der Waals surface area contributed by atoms with Crippen LogP contribution in [0.25, 0.3) is 0 Å². The van der Waals surface area contributed by atoms with Crippen LogP contribution in [-0.2, 0) is 4.79 Å². The molecule has 1 saturated heterocycles. The number of methoxy groups -OCH3 is 1. The second-order valence-electron chi connectivity index (χ2n) is 5.87. The summed E-state index contributed by atoms with van der Waals surface area (Å²) in [4.78, 5) is 37.1. The highest BCUT2D eigenvalue weighted by Crippen LogP contribution is 2.27. The third kappa shape index (κ3) is 4.78. The standard InChI is InChI=1S/C17H24N4O5/c1-3-26-13-7-6-11(9-14(13)25-2)15(22)19-20-16(23)12-5-4-8-21(10-12)17(18)24/h6-7,9,12H,3-5,8,10H2,1-2H3,(H2,18,24)(H,19,22)(H,20,23)/t12-/m0/s1. The number of benzene rings is 1. The van der Waals surface area contributed by atoms with Crippen LogP contribution in [0.15, 0.2) is 18.2 Å². The monoisotopic (exact) mass is 364 g/mol. The molecule has 0 radical (unpaired) electrons. The normalized spacial score (nSPS) is 16.5. The number of hydrogen-bond acceptors (Lipinski definition) is 5. The minimum Gasteiger partial charge on any atom is -0.493 e. The van der Waals surface area contributed by atoms with E-state index >= 15 is 0 Å². The molecule has 142 valence electrons. The topological polar surface area (TPSA) is 123 Å². The Balaban J connectivity index is 1.93. The van der Waals surface area contributed by atoms with E-state index in [9.17, 15) is 14.4 Å². The quantitative estimate of drug-likeness (QED) is 0.662. The van der Waals surface area contributed by atoms with Crippen LogP contribution in [0.4, 0.5) is 4.79 Å². The zero-order valence-corrected chi connectivity index (χ0v) is 14.9. The second kappa shape index (κ2) is 8.93. The number of carbonyl (C=O) groups excluding carboxylic acids is 3. The van der Waals surface area contributed by atoms with Crippen molar-refractivity contribution in [3.05, 3.63) is 23.8 Å². The number of hydrazine groups is 1. The lowest BCUT2D eigenvalue weighted by molar-refractivity contribution is -0.127. The number of nitrogens with two attached hydrogens (primary N) is 1. The van der Waals surface area contributed by atoms with Crippen molar-refractivity contribution < 1.29 is 23.9 Å². The van der Waals surface area contributed by atoms with Gasteiger partial charge in [-0.25, -0.2) is 4.79 Å². The van der Waals surface area contributed by atoms with Gasteiger partial charge in [-0.3, -0.25) is 20.4 Å². The number of likely N-dealkylation sites (tertiary alicyclic amines) is 1. The molecule has 1 atom stereocenters. The number of urea groups is 1. The molecule has 2 rings (SSSR count). The van der Waals surface area contributed by atoms with Gasteiger partial charge in [0.1, 0.15) is 0 Å². The molecule has 9 nitrogen and oxygen atoms in total. The molecule has 0 bridgehead atoms. The fraction of sp³-hybridized carbons (Fsp3) is 0.471. The maximum atomic E-state index is 12.2. The molecule has 4 amide bonds. The van der Waals surface area contributed by atoms with Crippen molar-refractivity contribution in [1.82, 2.24) is 15.8 Å². The Hall–Kier alpha value is -2.97. The van der Waals surface area contributed by atoms with Gasteiger partial charge in [0, 0.05) is 18.7 Å². The molecule has 0 saturated carbocycles. The van der Waals surface area contributed by atoms with E-state index in [1.807, 2.05) is 6.92 Å². The largest absolute Gasteiger partial charge is 0.493 e. The van der Waals surface area contributed by atoms with Crippen molar-refractivity contribution in [1.29, 1.82) is 0 Å². The third-order valence-corrected chi connectivity index (χ3v) is 4.13. The van der Waals surface area contributed by atoms with Crippen molar-refractivity contribution >= 4 is 17.8 Å². The number of primary amides is 1. The van der Waals surface area contributed by atoms with E-state index in [1.54, 1.807) is 12.1 Å². The predicted molar refractivity (Wildman–Crippen MR) is 93.7 cm³/mol. The average molecular weight is 364 g/mol. The van der Waals surface area contributed by atoms with E-state index in [1.165, 1.54) is 18.1 Å². The molecule has 4 N–H and O–H groups in total. The van der Waals surface area contributed by atoms with Gasteiger partial charge >= 0.3 is 6.03 Å². The Morgan fingerprint density at radius 1 is 1.27 bits per heavy atom. The van der Waals surface area contributed by atoms with Gasteiger partial charge in [0.25, 0.3) is 5.91 Å². The highest BCUT2D eigenvalue weighted by atomic mass is 16.5. The Labute approximate surface area is 151 Å². The van der Waals surface area contributed by atoms with Gasteiger partial charge in [0.05, 0.1) is 19.6 Å². The lowest BCUT2D eigenvalue weighted by Gasteiger charge is -2.30. The number of rotatable bonds is 5. The van der Waals surface area contributed by atoms with E-state index in [0.29, 0.717) is 43.1 Å². The Bertz CT molecular complexity index is 679. The Morgan fingerprint density at radius 2 is 2.04 bits per heavy atom. The van der Waals surface area contributed by atoms with Crippen LogP contribution in [0.1, 0.15) is 30.1 Å². The van der Waals surface area contributed by atoms with Crippen LogP contribution in [-0.4, -0.2) is 49.6 Å². The van der Waals surface area contributed by atoms with E-state index in [4.69, 9.17) is 15.2 Å². The van der Waals surface area contributed by atoms with Gasteiger partial charge in [-0.1, -0.05) is 0 Å². The maximum absolute atomic E-state index is 12.2. The zero-order chi connectivity index (χ0) is 19.1. The summed E-state index contributed by atoms with van der Waals surface area (Å²) in [5.41, 5.74) is 10.3. The fourth-order valence-electron chi connectivity index (χ4n) is 2.77. The highest BCUT2D eigenvalue weighted by molar-refractivity contribution is 5.96. The minimum atomic E-state index is -0.548. The fourth-order valence-corrected chi connectivity index (χ4v) is 2.77. The zero-order valence-electron chi connectivity index (χ0n) is 14.9. The van der Waals surface area contributed by atoms with Gasteiger partial charge in [-0.2, -0.15) is 0 Å². The molecule has 26 heavy (non-hydrogen) atoms. The molecule has 0 aliphatic carbocycles. The van der Waals surface area contributed by atoms with E-state index < -0.39 is 17.9 Å². The third-order valence-electron chi connectivity index (χ3n) is 4.13. The van der Waals surface area contributed by atoms with Gasteiger partial charge in [0.2, 0.25) is 5.91 Å². The van der Waals surface area contributed by atoms with Crippen molar-refractivity contribution in [3.8, 4) is 11.5 Å². The Kier molecular flexibility index (Phi) is 6.65. The molecule has 1 heterocycles. The smallest absolute Gasteiger partial charge is 0.314 e. The highest BCUT2D eigenvalue weighted by Gasteiger charge is 2.27. The number of hydrogen-bond donors (Lipinski definition) is 3. The first-order valence-electron chi connectivity index (χ1n) is 8.41. The van der Waals surface area contributed by atoms with E-state index in [2.05, 4.69) is 10.9 Å². The number of nitrogens with zero attached hydrogens (tertiary/aromatic N) is 1. The average Bonchev–Trinajstić information content (AvgIpc) is 2.66. The van der Waals surface area contributed by atoms with Crippen molar-refractivity contribution in [2.45, 2.75) is 19.8 Å². The molecule has 0 unspecified atom stereocenters. The molecular weight excluding hydrogens is 340 g/mol. The summed E-state index contributed by atoms with van der Waals surface area (Å²) in [7, 11) is 1.48. The van der Waals surface area contributed by atoms with Crippen LogP contribution < -0.4 is 26.1 Å². The summed E-state index contributed by atoms with van der Waals surface area (Å²) in [6.07, 6.45) is 1.31. The van der Waals surface area contributed by atoms with Crippen LogP contribution in [0.3, 0.4) is 0 Å². The summed E-state index contributed by atoms with van der Waals surface area (Å²) < 4.78 is 10.6. The van der Waals surface area contributed by atoms with E-state index in [0.717, 1.165) is 0 Å². The molecular formula is C17H24N4O5. The minimum absolute atomic E-state index is 0.244. The lowest BCUT2D eigenvalue weighted by atomic mass is 9.98. The van der Waals surface area contributed by atoms with Crippen LogP contribution >= 0.6 is 0 Å². The summed E-state index contributed by atoms with van der Waals surface area (Å²) in [6, 6.07) is 4.19. The summed E-state index contributed by atoms with van der Waals surface area (Å²) >= 11 is 0. The van der Waals surface area contributed by atoms with Gasteiger partial charge in [0.15, 0.2) is 11.5 Å². The lowest BCUT2D eigenvalue weighted by Crippen LogP contribution is -2.50. The number of ether oxygens (including phenoxy) is 2. The van der Waals surface area contributed by atoms with Gasteiger partial charge in [-0.15, -0.1) is 0 Å². The summed E-state index contributed by atoms with van der Waals surface area (Å²) in [6.45, 7) is 3.10.